The summed E-state index contributed by atoms with van der Waals surface area (Å²) in [5, 5.41) is 3.07. The second-order valence-corrected chi connectivity index (χ2v) is 7.70. The fourth-order valence-electron chi connectivity index (χ4n) is 3.70. The first-order chi connectivity index (χ1) is 14.5. The maximum absolute atomic E-state index is 12.6. The maximum atomic E-state index is 12.6. The van der Waals surface area contributed by atoms with Crippen molar-refractivity contribution in [3.63, 3.8) is 0 Å². The molecule has 1 amide bonds. The molecule has 0 saturated heterocycles. The number of ether oxygens (including phenoxy) is 2. The predicted octanol–water partition coefficient (Wildman–Crippen LogP) is 3.97. The standard InChI is InChI=1S/C24H25N3O3/c1-15(2)30-22-7-6-21-20(23(22)19-8-10-26-12-16(19)3)11-18(14-29-21)27-24(28)17-5-4-9-25-13-17/h4-10,12-13,15,18H,11,14H2,1-3H3,(H,27,28)/t18-/m0/s1. The fourth-order valence-corrected chi connectivity index (χ4v) is 3.70. The van der Waals surface area contributed by atoms with Gasteiger partial charge < -0.3 is 14.8 Å². The highest BCUT2D eigenvalue weighted by atomic mass is 16.5. The molecule has 0 fully saturated rings. The molecule has 154 valence electrons. The van der Waals surface area contributed by atoms with Crippen molar-refractivity contribution < 1.29 is 14.3 Å². The molecule has 0 radical (unpaired) electrons. The van der Waals surface area contributed by atoms with Gasteiger partial charge in [0.25, 0.3) is 5.91 Å². The van der Waals surface area contributed by atoms with Gasteiger partial charge in [-0.3, -0.25) is 14.8 Å². The van der Waals surface area contributed by atoms with Crippen molar-refractivity contribution in [1.29, 1.82) is 0 Å². The van der Waals surface area contributed by atoms with Crippen LogP contribution in [0.1, 0.15) is 35.3 Å². The normalized spacial score (nSPS) is 15.3. The van der Waals surface area contributed by atoms with Gasteiger partial charge in [0.1, 0.15) is 18.1 Å². The molecule has 0 aliphatic carbocycles. The molecule has 6 heteroatoms. The molecule has 2 aromatic heterocycles. The summed E-state index contributed by atoms with van der Waals surface area (Å²) in [7, 11) is 0. The summed E-state index contributed by atoms with van der Waals surface area (Å²) in [6.45, 7) is 6.47. The van der Waals surface area contributed by atoms with Crippen molar-refractivity contribution in [3.05, 3.63) is 71.8 Å². The Morgan fingerprint density at radius 1 is 1.17 bits per heavy atom. The predicted molar refractivity (Wildman–Crippen MR) is 115 cm³/mol. The topological polar surface area (TPSA) is 73.3 Å². The van der Waals surface area contributed by atoms with Crippen LogP contribution in [0, 0.1) is 6.92 Å². The molecule has 0 bridgehead atoms. The van der Waals surface area contributed by atoms with Crippen LogP contribution in [0.3, 0.4) is 0 Å². The lowest BCUT2D eigenvalue weighted by Crippen LogP contribution is -2.43. The summed E-state index contributed by atoms with van der Waals surface area (Å²) in [5.74, 6) is 1.47. The lowest BCUT2D eigenvalue weighted by Gasteiger charge is -2.29. The molecule has 4 rings (SSSR count). The van der Waals surface area contributed by atoms with Crippen molar-refractivity contribution in [2.24, 2.45) is 0 Å². The van der Waals surface area contributed by atoms with Gasteiger partial charge in [-0.05, 0) is 62.2 Å². The SMILES string of the molecule is Cc1cnccc1-c1c(OC(C)C)ccc2c1C[C@H](NC(=O)c1cccnc1)CO2. The first-order valence-corrected chi connectivity index (χ1v) is 10.1. The largest absolute Gasteiger partial charge is 0.491 e. The van der Waals surface area contributed by atoms with Gasteiger partial charge in [0, 0.05) is 42.3 Å². The summed E-state index contributed by atoms with van der Waals surface area (Å²) in [5.41, 5.74) is 4.68. The quantitative estimate of drug-likeness (QED) is 0.698. The molecule has 0 saturated carbocycles. The van der Waals surface area contributed by atoms with Gasteiger partial charge in [-0.15, -0.1) is 0 Å². The number of nitrogens with one attached hydrogen (secondary N) is 1. The van der Waals surface area contributed by atoms with Crippen LogP contribution in [0.5, 0.6) is 11.5 Å². The number of aryl methyl sites for hydroxylation is 1. The number of aromatic nitrogens is 2. The zero-order valence-corrected chi connectivity index (χ0v) is 17.4. The molecule has 1 N–H and O–H groups in total. The molecule has 3 heterocycles. The van der Waals surface area contributed by atoms with Gasteiger partial charge in [-0.2, -0.15) is 0 Å². The number of rotatable bonds is 5. The van der Waals surface area contributed by atoms with Crippen LogP contribution >= 0.6 is 0 Å². The number of carbonyl (C=O) groups excluding carboxylic acids is 1. The molecule has 6 nitrogen and oxygen atoms in total. The molecule has 1 aromatic carbocycles. The summed E-state index contributed by atoms with van der Waals surface area (Å²) in [6, 6.07) is 9.26. The Hall–Kier alpha value is -3.41. The lowest BCUT2D eigenvalue weighted by molar-refractivity contribution is 0.0915. The van der Waals surface area contributed by atoms with Crippen LogP contribution in [-0.2, 0) is 6.42 Å². The summed E-state index contributed by atoms with van der Waals surface area (Å²) < 4.78 is 12.2. The zero-order valence-electron chi connectivity index (χ0n) is 17.4. The highest BCUT2D eigenvalue weighted by Crippen LogP contribution is 2.42. The Balaban J connectivity index is 1.70. The van der Waals surface area contributed by atoms with Gasteiger partial charge in [-0.1, -0.05) is 0 Å². The first-order valence-electron chi connectivity index (χ1n) is 10.1. The Morgan fingerprint density at radius 2 is 2.00 bits per heavy atom. The van der Waals surface area contributed by atoms with E-state index in [1.807, 2.05) is 45.2 Å². The van der Waals surface area contributed by atoms with E-state index in [9.17, 15) is 4.79 Å². The molecule has 0 spiro atoms. The Labute approximate surface area is 176 Å². The number of pyridine rings is 2. The van der Waals surface area contributed by atoms with Crippen LogP contribution in [0.25, 0.3) is 11.1 Å². The molecule has 0 unspecified atom stereocenters. The molecular formula is C24H25N3O3. The van der Waals surface area contributed by atoms with Crippen LogP contribution in [0.15, 0.2) is 55.1 Å². The number of amides is 1. The number of carbonyl (C=O) groups is 1. The monoisotopic (exact) mass is 403 g/mol. The molecular weight excluding hydrogens is 378 g/mol. The number of fused-ring (bicyclic) bond motifs is 1. The van der Waals surface area contributed by atoms with E-state index in [0.29, 0.717) is 18.6 Å². The van der Waals surface area contributed by atoms with Crippen molar-refractivity contribution in [2.45, 2.75) is 39.3 Å². The number of hydrogen-bond donors (Lipinski definition) is 1. The summed E-state index contributed by atoms with van der Waals surface area (Å²) in [6.07, 6.45) is 7.53. The van der Waals surface area contributed by atoms with E-state index in [-0.39, 0.29) is 18.1 Å². The number of nitrogens with zero attached hydrogens (tertiary/aromatic N) is 2. The average molecular weight is 403 g/mol. The molecule has 1 atom stereocenters. The third-order valence-corrected chi connectivity index (χ3v) is 5.03. The van der Waals surface area contributed by atoms with Crippen molar-refractivity contribution in [1.82, 2.24) is 15.3 Å². The third kappa shape index (κ3) is 4.13. The van der Waals surface area contributed by atoms with Gasteiger partial charge in [0.05, 0.1) is 17.7 Å². The van der Waals surface area contributed by atoms with E-state index in [2.05, 4.69) is 15.3 Å². The molecule has 3 aromatic rings. The number of benzene rings is 1. The number of hydrogen-bond acceptors (Lipinski definition) is 5. The van der Waals surface area contributed by atoms with E-state index >= 15 is 0 Å². The molecule has 30 heavy (non-hydrogen) atoms. The van der Waals surface area contributed by atoms with Crippen LogP contribution in [0.2, 0.25) is 0 Å². The van der Waals surface area contributed by atoms with E-state index < -0.39 is 0 Å². The fraction of sp³-hybridized carbons (Fsp3) is 0.292. The van der Waals surface area contributed by atoms with E-state index in [0.717, 1.165) is 33.8 Å². The average Bonchev–Trinajstić information content (AvgIpc) is 2.74. The smallest absolute Gasteiger partial charge is 0.253 e. The summed E-state index contributed by atoms with van der Waals surface area (Å²) >= 11 is 0. The van der Waals surface area contributed by atoms with Gasteiger partial charge in [0.15, 0.2) is 0 Å². The van der Waals surface area contributed by atoms with Crippen LogP contribution in [-0.4, -0.2) is 34.6 Å². The maximum Gasteiger partial charge on any atom is 0.253 e. The van der Waals surface area contributed by atoms with E-state index in [1.54, 1.807) is 30.7 Å². The Bertz CT molecular complexity index is 1050. The Morgan fingerprint density at radius 3 is 2.73 bits per heavy atom. The third-order valence-electron chi connectivity index (χ3n) is 5.03. The van der Waals surface area contributed by atoms with E-state index in [1.165, 1.54) is 0 Å². The van der Waals surface area contributed by atoms with Crippen LogP contribution < -0.4 is 14.8 Å². The second-order valence-electron chi connectivity index (χ2n) is 7.70. The Kier molecular flexibility index (Phi) is 5.65. The first kappa shape index (κ1) is 19.9. The lowest BCUT2D eigenvalue weighted by atomic mass is 9.90. The molecule has 1 aliphatic heterocycles. The highest BCUT2D eigenvalue weighted by Gasteiger charge is 2.27. The highest BCUT2D eigenvalue weighted by molar-refractivity contribution is 5.94. The van der Waals surface area contributed by atoms with Crippen molar-refractivity contribution in [3.8, 4) is 22.6 Å². The molecule has 1 aliphatic rings. The van der Waals surface area contributed by atoms with Gasteiger partial charge >= 0.3 is 0 Å². The minimum absolute atomic E-state index is 0.0366. The van der Waals surface area contributed by atoms with Gasteiger partial charge in [0.2, 0.25) is 0 Å². The van der Waals surface area contributed by atoms with E-state index in [4.69, 9.17) is 9.47 Å². The minimum atomic E-state index is -0.156. The van der Waals surface area contributed by atoms with Crippen molar-refractivity contribution >= 4 is 5.91 Å². The van der Waals surface area contributed by atoms with Gasteiger partial charge in [-0.25, -0.2) is 0 Å². The summed E-state index contributed by atoms with van der Waals surface area (Å²) in [4.78, 5) is 20.9. The zero-order chi connectivity index (χ0) is 21.1. The van der Waals surface area contributed by atoms with Crippen LogP contribution in [0.4, 0.5) is 0 Å². The minimum Gasteiger partial charge on any atom is -0.491 e. The van der Waals surface area contributed by atoms with Crippen molar-refractivity contribution in [2.75, 3.05) is 6.61 Å². The second kappa shape index (κ2) is 8.53.